The highest BCUT2D eigenvalue weighted by Crippen LogP contribution is 2.43. The molecular formula is C18H23NO4S2. The number of ether oxygens (including phenoxy) is 2. The van der Waals surface area contributed by atoms with Gasteiger partial charge in [-0.2, -0.15) is 0 Å². The second-order valence-corrected chi connectivity index (χ2v) is 8.99. The molecular weight excluding hydrogens is 358 g/mol. The van der Waals surface area contributed by atoms with Crippen LogP contribution in [0.3, 0.4) is 0 Å². The Balaban J connectivity index is 1.84. The van der Waals surface area contributed by atoms with Gasteiger partial charge < -0.3 is 9.47 Å². The van der Waals surface area contributed by atoms with Gasteiger partial charge in [-0.15, -0.1) is 11.3 Å². The van der Waals surface area contributed by atoms with Gasteiger partial charge in [-0.05, 0) is 36.4 Å². The van der Waals surface area contributed by atoms with Crippen molar-refractivity contribution in [1.82, 2.24) is 4.72 Å². The standard InChI is InChI=1S/C18H23NO4S2/c1-22-14-7-8-16(15(12-14)23-2)25(20,21)19-13-18(9-3-4-10-18)17-6-5-11-24-17/h5-8,11-12,19H,3-4,9-10,13H2,1-2H3. The van der Waals surface area contributed by atoms with E-state index in [0.29, 0.717) is 12.3 Å². The molecule has 0 radical (unpaired) electrons. The molecule has 3 rings (SSSR count). The fourth-order valence-corrected chi connectivity index (χ4v) is 5.71. The molecule has 1 fully saturated rings. The number of hydrogen-bond acceptors (Lipinski definition) is 5. The summed E-state index contributed by atoms with van der Waals surface area (Å²) in [5, 5.41) is 2.05. The average molecular weight is 382 g/mol. The van der Waals surface area contributed by atoms with Crippen molar-refractivity contribution >= 4 is 21.4 Å². The predicted octanol–water partition coefficient (Wildman–Crippen LogP) is 3.56. The predicted molar refractivity (Wildman–Crippen MR) is 99.2 cm³/mol. The molecule has 0 aliphatic heterocycles. The highest BCUT2D eigenvalue weighted by molar-refractivity contribution is 7.89. The van der Waals surface area contributed by atoms with E-state index in [0.717, 1.165) is 25.7 Å². The van der Waals surface area contributed by atoms with Crippen LogP contribution < -0.4 is 14.2 Å². The summed E-state index contributed by atoms with van der Waals surface area (Å²) in [6.07, 6.45) is 4.28. The molecule has 1 heterocycles. The maximum atomic E-state index is 12.9. The van der Waals surface area contributed by atoms with Crippen molar-refractivity contribution in [3.63, 3.8) is 0 Å². The summed E-state index contributed by atoms with van der Waals surface area (Å²) in [5.41, 5.74) is -0.0963. The number of methoxy groups -OCH3 is 2. The first-order valence-electron chi connectivity index (χ1n) is 8.26. The number of nitrogens with one attached hydrogen (secondary N) is 1. The van der Waals surface area contributed by atoms with Gasteiger partial charge in [-0.1, -0.05) is 18.9 Å². The zero-order chi connectivity index (χ0) is 17.9. The number of hydrogen-bond donors (Lipinski definition) is 1. The number of benzene rings is 1. The van der Waals surface area contributed by atoms with Gasteiger partial charge in [-0.25, -0.2) is 13.1 Å². The van der Waals surface area contributed by atoms with Gasteiger partial charge in [0.1, 0.15) is 16.4 Å². The van der Waals surface area contributed by atoms with Crippen molar-refractivity contribution in [2.45, 2.75) is 36.0 Å². The lowest BCUT2D eigenvalue weighted by atomic mass is 9.85. The third kappa shape index (κ3) is 3.68. The Hall–Kier alpha value is -1.57. The van der Waals surface area contributed by atoms with Crippen LogP contribution in [0.2, 0.25) is 0 Å². The molecule has 0 amide bonds. The lowest BCUT2D eigenvalue weighted by Gasteiger charge is -2.28. The normalized spacial score (nSPS) is 16.7. The Bertz CT molecular complexity index is 810. The maximum Gasteiger partial charge on any atom is 0.244 e. The van der Waals surface area contributed by atoms with E-state index in [1.807, 2.05) is 6.07 Å². The molecule has 136 valence electrons. The van der Waals surface area contributed by atoms with Gasteiger partial charge in [0.2, 0.25) is 10.0 Å². The number of thiophene rings is 1. The van der Waals surface area contributed by atoms with Crippen LogP contribution in [0.15, 0.2) is 40.6 Å². The van der Waals surface area contributed by atoms with Gasteiger partial charge in [-0.3, -0.25) is 0 Å². The fourth-order valence-electron chi connectivity index (χ4n) is 3.45. The van der Waals surface area contributed by atoms with Crippen LogP contribution in [0.25, 0.3) is 0 Å². The van der Waals surface area contributed by atoms with E-state index in [4.69, 9.17) is 9.47 Å². The molecule has 0 spiro atoms. The molecule has 7 heteroatoms. The van der Waals surface area contributed by atoms with Gasteiger partial charge in [0.25, 0.3) is 0 Å². The zero-order valence-electron chi connectivity index (χ0n) is 14.4. The molecule has 5 nitrogen and oxygen atoms in total. The Morgan fingerprint density at radius 1 is 1.16 bits per heavy atom. The fraction of sp³-hybridized carbons (Fsp3) is 0.444. The van der Waals surface area contributed by atoms with Gasteiger partial charge in [0.05, 0.1) is 14.2 Å². The molecule has 2 aromatic rings. The molecule has 1 N–H and O–H groups in total. The maximum absolute atomic E-state index is 12.9. The van der Waals surface area contributed by atoms with Crippen LogP contribution >= 0.6 is 11.3 Å². The summed E-state index contributed by atoms with van der Waals surface area (Å²) >= 11 is 1.70. The van der Waals surface area contributed by atoms with Crippen molar-refractivity contribution in [2.75, 3.05) is 20.8 Å². The Morgan fingerprint density at radius 3 is 2.52 bits per heavy atom. The van der Waals surface area contributed by atoms with Crippen LogP contribution in [0.4, 0.5) is 0 Å². The quantitative estimate of drug-likeness (QED) is 0.796. The summed E-state index contributed by atoms with van der Waals surface area (Å²) in [7, 11) is -0.681. The van der Waals surface area contributed by atoms with Gasteiger partial charge >= 0.3 is 0 Å². The second kappa shape index (κ2) is 7.35. The van der Waals surface area contributed by atoms with E-state index in [1.165, 1.54) is 25.2 Å². The molecule has 0 bridgehead atoms. The smallest absolute Gasteiger partial charge is 0.244 e. The average Bonchev–Trinajstić information content (AvgIpc) is 3.31. The van der Waals surface area contributed by atoms with Crippen LogP contribution in [-0.2, 0) is 15.4 Å². The molecule has 25 heavy (non-hydrogen) atoms. The topological polar surface area (TPSA) is 64.6 Å². The summed E-state index contributed by atoms with van der Waals surface area (Å²) in [4.78, 5) is 1.39. The third-order valence-corrected chi connectivity index (χ3v) is 7.42. The van der Waals surface area contributed by atoms with Crippen LogP contribution in [0.1, 0.15) is 30.6 Å². The van der Waals surface area contributed by atoms with Gasteiger partial charge in [0.15, 0.2) is 0 Å². The summed E-state index contributed by atoms with van der Waals surface area (Å²) in [6, 6.07) is 8.87. The monoisotopic (exact) mass is 381 g/mol. The van der Waals surface area contributed by atoms with Crippen molar-refractivity contribution < 1.29 is 17.9 Å². The largest absolute Gasteiger partial charge is 0.497 e. The molecule has 1 saturated carbocycles. The zero-order valence-corrected chi connectivity index (χ0v) is 16.1. The Morgan fingerprint density at radius 2 is 1.92 bits per heavy atom. The molecule has 1 aromatic carbocycles. The second-order valence-electron chi connectivity index (χ2n) is 6.31. The highest BCUT2D eigenvalue weighted by atomic mass is 32.2. The van der Waals surface area contributed by atoms with Crippen molar-refractivity contribution in [1.29, 1.82) is 0 Å². The van der Waals surface area contributed by atoms with E-state index < -0.39 is 10.0 Å². The van der Waals surface area contributed by atoms with Crippen LogP contribution in [0, 0.1) is 0 Å². The van der Waals surface area contributed by atoms with E-state index in [9.17, 15) is 8.42 Å². The Labute approximate surface area is 153 Å². The van der Waals surface area contributed by atoms with E-state index >= 15 is 0 Å². The van der Waals surface area contributed by atoms with Gasteiger partial charge in [0, 0.05) is 22.9 Å². The first kappa shape index (κ1) is 18.2. The summed E-state index contributed by atoms with van der Waals surface area (Å²) in [6.45, 7) is 0.408. The van der Waals surface area contributed by atoms with E-state index in [-0.39, 0.29) is 16.1 Å². The van der Waals surface area contributed by atoms with E-state index in [1.54, 1.807) is 23.5 Å². The van der Waals surface area contributed by atoms with Crippen molar-refractivity contribution in [3.8, 4) is 11.5 Å². The molecule has 0 atom stereocenters. The minimum atomic E-state index is -3.67. The first-order valence-corrected chi connectivity index (χ1v) is 10.6. The van der Waals surface area contributed by atoms with Crippen LogP contribution in [-0.4, -0.2) is 29.2 Å². The molecule has 1 aromatic heterocycles. The van der Waals surface area contributed by atoms with Crippen molar-refractivity contribution in [3.05, 3.63) is 40.6 Å². The lowest BCUT2D eigenvalue weighted by Crippen LogP contribution is -2.38. The summed E-state index contributed by atoms with van der Waals surface area (Å²) < 4.78 is 38.9. The molecule has 0 unspecified atom stereocenters. The summed E-state index contributed by atoms with van der Waals surface area (Å²) in [5.74, 6) is 0.838. The van der Waals surface area contributed by atoms with Crippen molar-refractivity contribution in [2.24, 2.45) is 0 Å². The SMILES string of the molecule is COc1ccc(S(=O)(=O)NCC2(c3cccs3)CCCC2)c(OC)c1. The lowest BCUT2D eigenvalue weighted by molar-refractivity contribution is 0.385. The third-order valence-electron chi connectivity index (χ3n) is 4.87. The number of sulfonamides is 1. The molecule has 1 aliphatic carbocycles. The molecule has 1 aliphatic rings. The van der Waals surface area contributed by atoms with E-state index in [2.05, 4.69) is 16.2 Å². The number of rotatable bonds is 7. The first-order chi connectivity index (χ1) is 12.0. The highest BCUT2D eigenvalue weighted by Gasteiger charge is 2.37. The molecule has 0 saturated heterocycles. The van der Waals surface area contributed by atoms with Crippen LogP contribution in [0.5, 0.6) is 11.5 Å². The minimum Gasteiger partial charge on any atom is -0.497 e. The minimum absolute atomic E-state index is 0.0963. The Kier molecular flexibility index (Phi) is 5.36.